The zero-order chi connectivity index (χ0) is 22.1. The van der Waals surface area contributed by atoms with Crippen LogP contribution in [0.4, 0.5) is 0 Å². The summed E-state index contributed by atoms with van der Waals surface area (Å²) in [7, 11) is 1.72. The first-order valence-corrected chi connectivity index (χ1v) is 11.0. The molecule has 0 aliphatic carbocycles. The van der Waals surface area contributed by atoms with Crippen molar-refractivity contribution in [3.05, 3.63) is 45.4 Å². The normalized spacial score (nSPS) is 12.6. The number of rotatable bonds is 9. The Balaban J connectivity index is 2.00. The second-order valence-electron chi connectivity index (χ2n) is 7.29. The molecule has 1 unspecified atom stereocenters. The molecule has 0 aliphatic rings. The average Bonchev–Trinajstić information content (AvgIpc) is 3.12. The highest BCUT2D eigenvalue weighted by Gasteiger charge is 2.20. The fraction of sp³-hybridized carbons (Fsp3) is 0.500. The van der Waals surface area contributed by atoms with Crippen LogP contribution < -0.4 is 15.4 Å². The summed E-state index contributed by atoms with van der Waals surface area (Å²) in [5, 5.41) is 7.46. The van der Waals surface area contributed by atoms with Crippen LogP contribution in [0.25, 0.3) is 0 Å². The highest BCUT2D eigenvalue weighted by Crippen LogP contribution is 2.24. The molecule has 0 spiro atoms. The largest absolute Gasteiger partial charge is 0.493 e. The predicted octanol–water partition coefficient (Wildman–Crippen LogP) is 4.09. The van der Waals surface area contributed by atoms with E-state index in [1.165, 1.54) is 11.3 Å². The fourth-order valence-electron chi connectivity index (χ4n) is 2.68. The number of carbonyl (C=O) groups excluding carboxylic acids is 1. The Kier molecular flexibility index (Phi) is 9.11. The summed E-state index contributed by atoms with van der Waals surface area (Å²) < 4.78 is 11.0. The lowest BCUT2D eigenvalue weighted by Gasteiger charge is -2.18. The van der Waals surface area contributed by atoms with Crippen molar-refractivity contribution < 1.29 is 14.3 Å². The molecule has 2 rings (SSSR count). The van der Waals surface area contributed by atoms with Crippen molar-refractivity contribution in [3.8, 4) is 5.75 Å². The van der Waals surface area contributed by atoms with Gasteiger partial charge in [-0.1, -0.05) is 32.0 Å². The van der Waals surface area contributed by atoms with Gasteiger partial charge in [-0.25, -0.2) is 9.78 Å². The molecule has 8 heteroatoms. The monoisotopic (exact) mass is 432 g/mol. The number of esters is 1. The highest BCUT2D eigenvalue weighted by molar-refractivity contribution is 7.13. The minimum atomic E-state index is -0.327. The van der Waals surface area contributed by atoms with Crippen molar-refractivity contribution in [2.45, 2.75) is 47.2 Å². The number of benzene rings is 1. The van der Waals surface area contributed by atoms with E-state index >= 15 is 0 Å². The SMILES string of the molecule is CCOC(=O)c1sc(C(C)NC(=NC)NCc2ccccc2OCC(C)C)nc1C. The van der Waals surface area contributed by atoms with Gasteiger partial charge in [-0.05, 0) is 32.8 Å². The van der Waals surface area contributed by atoms with Crippen molar-refractivity contribution >= 4 is 23.3 Å². The van der Waals surface area contributed by atoms with Crippen molar-refractivity contribution in [2.75, 3.05) is 20.3 Å². The number of aryl methyl sites for hydroxylation is 1. The van der Waals surface area contributed by atoms with Crippen molar-refractivity contribution in [2.24, 2.45) is 10.9 Å². The van der Waals surface area contributed by atoms with E-state index in [9.17, 15) is 4.79 Å². The molecule has 0 amide bonds. The van der Waals surface area contributed by atoms with Crippen LogP contribution in [0.2, 0.25) is 0 Å². The number of nitrogens with one attached hydrogen (secondary N) is 2. The minimum absolute atomic E-state index is 0.115. The number of aromatic nitrogens is 1. The van der Waals surface area contributed by atoms with E-state index in [0.717, 1.165) is 16.3 Å². The van der Waals surface area contributed by atoms with Gasteiger partial charge in [-0.15, -0.1) is 11.3 Å². The van der Waals surface area contributed by atoms with Gasteiger partial charge < -0.3 is 20.1 Å². The standard InChI is InChI=1S/C22H32N4O3S/c1-7-28-21(27)19-15(4)25-20(30-19)16(5)26-22(23-6)24-12-17-10-8-9-11-18(17)29-13-14(2)3/h8-11,14,16H,7,12-13H2,1-6H3,(H2,23,24,26). The Morgan fingerprint density at radius 2 is 2.00 bits per heavy atom. The molecule has 7 nitrogen and oxygen atoms in total. The van der Waals surface area contributed by atoms with E-state index < -0.39 is 0 Å². The molecule has 2 N–H and O–H groups in total. The van der Waals surface area contributed by atoms with Gasteiger partial charge in [0, 0.05) is 19.2 Å². The van der Waals surface area contributed by atoms with Gasteiger partial charge in [0.25, 0.3) is 0 Å². The lowest BCUT2D eigenvalue weighted by Crippen LogP contribution is -2.38. The van der Waals surface area contributed by atoms with Crippen molar-refractivity contribution in [1.29, 1.82) is 0 Å². The molecule has 0 bridgehead atoms. The number of thiazole rings is 1. The van der Waals surface area contributed by atoms with Crippen LogP contribution >= 0.6 is 11.3 Å². The molecule has 0 fully saturated rings. The maximum Gasteiger partial charge on any atom is 0.350 e. The lowest BCUT2D eigenvalue weighted by molar-refractivity contribution is 0.0531. The molecular weight excluding hydrogens is 400 g/mol. The van der Waals surface area contributed by atoms with Gasteiger partial charge in [0.05, 0.1) is 24.9 Å². The molecule has 2 aromatic rings. The number of carbonyl (C=O) groups is 1. The smallest absolute Gasteiger partial charge is 0.350 e. The second-order valence-corrected chi connectivity index (χ2v) is 8.32. The minimum Gasteiger partial charge on any atom is -0.493 e. The Bertz CT molecular complexity index is 864. The first-order valence-electron chi connectivity index (χ1n) is 10.2. The third kappa shape index (κ3) is 6.73. The Morgan fingerprint density at radius 1 is 1.27 bits per heavy atom. The number of hydrogen-bond donors (Lipinski definition) is 2. The van der Waals surface area contributed by atoms with Gasteiger partial charge in [-0.3, -0.25) is 4.99 Å². The number of nitrogens with zero attached hydrogens (tertiary/aromatic N) is 2. The van der Waals surface area contributed by atoms with E-state index in [0.29, 0.717) is 42.2 Å². The Labute approximate surface area is 182 Å². The lowest BCUT2D eigenvalue weighted by atomic mass is 10.2. The molecule has 0 aliphatic heterocycles. The van der Waals surface area contributed by atoms with Crippen LogP contribution in [-0.4, -0.2) is 37.2 Å². The zero-order valence-corrected chi connectivity index (χ0v) is 19.4. The van der Waals surface area contributed by atoms with Gasteiger partial charge in [-0.2, -0.15) is 0 Å². The summed E-state index contributed by atoms with van der Waals surface area (Å²) in [4.78, 5) is 21.4. The van der Waals surface area contributed by atoms with Crippen molar-refractivity contribution in [1.82, 2.24) is 15.6 Å². The third-order valence-electron chi connectivity index (χ3n) is 4.21. The number of hydrogen-bond acceptors (Lipinski definition) is 6. The zero-order valence-electron chi connectivity index (χ0n) is 18.6. The van der Waals surface area contributed by atoms with Crippen molar-refractivity contribution in [3.63, 3.8) is 0 Å². The summed E-state index contributed by atoms with van der Waals surface area (Å²) in [6, 6.07) is 7.87. The van der Waals surface area contributed by atoms with E-state index in [1.807, 2.05) is 38.1 Å². The molecule has 0 saturated carbocycles. The van der Waals surface area contributed by atoms with Gasteiger partial charge in [0.15, 0.2) is 5.96 Å². The Morgan fingerprint density at radius 3 is 2.67 bits per heavy atom. The third-order valence-corrected chi connectivity index (χ3v) is 5.53. The molecule has 1 aromatic carbocycles. The number of guanidine groups is 1. The second kappa shape index (κ2) is 11.5. The highest BCUT2D eigenvalue weighted by atomic mass is 32.1. The van der Waals surface area contributed by atoms with Gasteiger partial charge in [0.1, 0.15) is 15.6 Å². The van der Waals surface area contributed by atoms with E-state index in [2.05, 4.69) is 34.5 Å². The first-order chi connectivity index (χ1) is 14.3. The van der Waals surface area contributed by atoms with Crippen LogP contribution in [0.1, 0.15) is 59.7 Å². The molecular formula is C22H32N4O3S. The molecule has 1 aromatic heterocycles. The first kappa shape index (κ1) is 23.7. The number of para-hydroxylation sites is 1. The molecule has 0 radical (unpaired) electrons. The molecule has 1 heterocycles. The quantitative estimate of drug-likeness (QED) is 0.353. The molecule has 164 valence electrons. The maximum absolute atomic E-state index is 12.0. The van der Waals surface area contributed by atoms with E-state index in [4.69, 9.17) is 9.47 Å². The van der Waals surface area contributed by atoms with E-state index in [-0.39, 0.29) is 12.0 Å². The topological polar surface area (TPSA) is 84.8 Å². The van der Waals surface area contributed by atoms with Crippen LogP contribution in [0.3, 0.4) is 0 Å². The average molecular weight is 433 g/mol. The summed E-state index contributed by atoms with van der Waals surface area (Å²) in [6.07, 6.45) is 0. The summed E-state index contributed by atoms with van der Waals surface area (Å²) in [5.41, 5.74) is 1.74. The molecule has 30 heavy (non-hydrogen) atoms. The predicted molar refractivity (Wildman–Crippen MR) is 121 cm³/mol. The summed E-state index contributed by atoms with van der Waals surface area (Å²) in [6.45, 7) is 11.4. The fourth-order valence-corrected chi connectivity index (χ4v) is 3.64. The van der Waals surface area contributed by atoms with E-state index in [1.54, 1.807) is 14.0 Å². The van der Waals surface area contributed by atoms with Gasteiger partial charge >= 0.3 is 5.97 Å². The molecule has 0 saturated heterocycles. The summed E-state index contributed by atoms with van der Waals surface area (Å²) >= 11 is 1.34. The van der Waals surface area contributed by atoms with Crippen LogP contribution in [0, 0.1) is 12.8 Å². The van der Waals surface area contributed by atoms with Crippen LogP contribution in [0.15, 0.2) is 29.3 Å². The molecule has 1 atom stereocenters. The summed E-state index contributed by atoms with van der Waals surface area (Å²) in [5.74, 6) is 1.65. The maximum atomic E-state index is 12.0. The van der Waals surface area contributed by atoms with Gasteiger partial charge in [0.2, 0.25) is 0 Å². The van der Waals surface area contributed by atoms with Crippen LogP contribution in [-0.2, 0) is 11.3 Å². The number of ether oxygens (including phenoxy) is 2. The Hall–Kier alpha value is -2.61. The van der Waals surface area contributed by atoms with Crippen LogP contribution in [0.5, 0.6) is 5.75 Å². The number of aliphatic imine (C=N–C) groups is 1.